The lowest BCUT2D eigenvalue weighted by molar-refractivity contribution is 0.00578. The second-order valence-corrected chi connectivity index (χ2v) is 8.01. The van der Waals surface area contributed by atoms with E-state index in [0.717, 1.165) is 18.3 Å². The highest BCUT2D eigenvalue weighted by Gasteiger charge is 2.51. The molecule has 0 radical (unpaired) electrons. The largest absolute Gasteiger partial charge is 0.495 e. The Morgan fingerprint density at radius 1 is 1.12 bits per heavy atom. The highest BCUT2D eigenvalue weighted by atomic mass is 16.7. The molecule has 1 aromatic carbocycles. The van der Waals surface area contributed by atoms with Crippen LogP contribution in [-0.4, -0.2) is 37.1 Å². The van der Waals surface area contributed by atoms with Crippen molar-refractivity contribution in [3.8, 4) is 5.75 Å². The van der Waals surface area contributed by atoms with Crippen molar-refractivity contribution in [1.29, 1.82) is 0 Å². The van der Waals surface area contributed by atoms with Crippen molar-refractivity contribution in [1.82, 2.24) is 0 Å². The fourth-order valence-corrected chi connectivity index (χ4v) is 2.57. The second kappa shape index (κ2) is 5.92. The molecular formula is C18H26BNO5. The first-order chi connectivity index (χ1) is 11.6. The Morgan fingerprint density at radius 2 is 1.72 bits per heavy atom. The van der Waals surface area contributed by atoms with Crippen molar-refractivity contribution in [2.24, 2.45) is 0 Å². The number of benzene rings is 1. The number of carbonyl (C=O) groups is 1. The van der Waals surface area contributed by atoms with E-state index < -0.39 is 24.4 Å². The maximum atomic E-state index is 12.0. The van der Waals surface area contributed by atoms with Crippen LogP contribution >= 0.6 is 0 Å². The first-order valence-corrected chi connectivity index (χ1v) is 8.59. The molecule has 1 aromatic rings. The molecule has 25 heavy (non-hydrogen) atoms. The lowest BCUT2D eigenvalue weighted by Gasteiger charge is -2.32. The van der Waals surface area contributed by atoms with E-state index in [2.05, 4.69) is 5.32 Å². The molecule has 2 aliphatic rings. The number of rotatable bonds is 4. The van der Waals surface area contributed by atoms with Crippen molar-refractivity contribution in [2.45, 2.75) is 64.3 Å². The van der Waals surface area contributed by atoms with Gasteiger partial charge in [0.15, 0.2) is 0 Å². The zero-order valence-corrected chi connectivity index (χ0v) is 15.8. The number of amides is 1. The predicted molar refractivity (Wildman–Crippen MR) is 96.5 cm³/mol. The summed E-state index contributed by atoms with van der Waals surface area (Å²) < 4.78 is 22.9. The minimum atomic E-state index is -0.481. The summed E-state index contributed by atoms with van der Waals surface area (Å²) in [6.07, 6.45) is 1.33. The molecule has 1 saturated carbocycles. The van der Waals surface area contributed by atoms with Gasteiger partial charge in [-0.25, -0.2) is 4.79 Å². The van der Waals surface area contributed by atoms with Crippen molar-refractivity contribution in [3.63, 3.8) is 0 Å². The van der Waals surface area contributed by atoms with Gasteiger partial charge in [0.05, 0.1) is 24.0 Å². The minimum Gasteiger partial charge on any atom is -0.495 e. The van der Waals surface area contributed by atoms with Gasteiger partial charge in [-0.15, -0.1) is 0 Å². The van der Waals surface area contributed by atoms with Crippen molar-refractivity contribution >= 4 is 24.4 Å². The van der Waals surface area contributed by atoms with E-state index in [1.807, 2.05) is 46.8 Å². The molecule has 7 heteroatoms. The molecular weight excluding hydrogens is 321 g/mol. The van der Waals surface area contributed by atoms with Crippen LogP contribution in [0.15, 0.2) is 18.2 Å². The molecule has 0 aromatic heterocycles. The Kier molecular flexibility index (Phi) is 4.28. The summed E-state index contributed by atoms with van der Waals surface area (Å²) in [7, 11) is 1.08. The monoisotopic (exact) mass is 347 g/mol. The van der Waals surface area contributed by atoms with E-state index in [4.69, 9.17) is 18.8 Å². The first-order valence-electron chi connectivity index (χ1n) is 8.59. The van der Waals surface area contributed by atoms with Crippen molar-refractivity contribution in [3.05, 3.63) is 18.2 Å². The fourth-order valence-electron chi connectivity index (χ4n) is 2.57. The van der Waals surface area contributed by atoms with Gasteiger partial charge in [-0.3, -0.25) is 5.32 Å². The highest BCUT2D eigenvalue weighted by Crippen LogP contribution is 2.39. The van der Waals surface area contributed by atoms with Crippen LogP contribution in [-0.2, 0) is 14.0 Å². The third-order valence-electron chi connectivity index (χ3n) is 5.28. The number of ether oxygens (including phenoxy) is 2. The maximum Gasteiger partial charge on any atom is 0.494 e. The van der Waals surface area contributed by atoms with Gasteiger partial charge in [-0.05, 0) is 65.1 Å². The Hall–Kier alpha value is -1.73. The molecule has 3 rings (SSSR count). The lowest BCUT2D eigenvalue weighted by Crippen LogP contribution is -2.41. The Labute approximate surface area is 149 Å². The number of nitrogens with one attached hydrogen (secondary N) is 1. The molecule has 0 bridgehead atoms. The molecule has 1 aliphatic heterocycles. The van der Waals surface area contributed by atoms with E-state index in [-0.39, 0.29) is 5.60 Å². The van der Waals surface area contributed by atoms with Crippen LogP contribution in [0.3, 0.4) is 0 Å². The van der Waals surface area contributed by atoms with Crippen molar-refractivity contribution < 1.29 is 23.6 Å². The van der Waals surface area contributed by atoms with Crippen LogP contribution in [0.1, 0.15) is 47.5 Å². The summed E-state index contributed by atoms with van der Waals surface area (Å²) in [4.78, 5) is 12.0. The zero-order valence-electron chi connectivity index (χ0n) is 15.8. The SMILES string of the molecule is COc1cc(B2OC(C)(C)C(C)(C)O2)ccc1NC(=O)OC1(C)CC1. The zero-order chi connectivity index (χ0) is 18.5. The molecule has 1 N–H and O–H groups in total. The summed E-state index contributed by atoms with van der Waals surface area (Å²) >= 11 is 0. The number of methoxy groups -OCH3 is 1. The number of hydrogen-bond donors (Lipinski definition) is 1. The molecule has 0 unspecified atom stereocenters. The van der Waals surface area contributed by atoms with Gasteiger partial charge < -0.3 is 18.8 Å². The van der Waals surface area contributed by atoms with Crippen LogP contribution < -0.4 is 15.5 Å². The van der Waals surface area contributed by atoms with E-state index in [1.165, 1.54) is 0 Å². The minimum absolute atomic E-state index is 0.319. The van der Waals surface area contributed by atoms with E-state index >= 15 is 0 Å². The van der Waals surface area contributed by atoms with Gasteiger partial charge in [0.2, 0.25) is 0 Å². The number of hydrogen-bond acceptors (Lipinski definition) is 5. The van der Waals surface area contributed by atoms with E-state index in [0.29, 0.717) is 11.4 Å². The molecule has 1 amide bonds. The predicted octanol–water partition coefficient (Wildman–Crippen LogP) is 3.10. The maximum absolute atomic E-state index is 12.0. The Bertz CT molecular complexity index is 668. The Balaban J connectivity index is 1.75. The van der Waals surface area contributed by atoms with Gasteiger partial charge in [-0.1, -0.05) is 6.07 Å². The summed E-state index contributed by atoms with van der Waals surface area (Å²) in [6.45, 7) is 9.96. The number of carbonyl (C=O) groups excluding carboxylic acids is 1. The van der Waals surface area contributed by atoms with Crippen LogP contribution in [0.2, 0.25) is 0 Å². The van der Waals surface area contributed by atoms with Gasteiger partial charge >= 0.3 is 13.2 Å². The summed E-state index contributed by atoms with van der Waals surface area (Å²) in [6, 6.07) is 5.45. The summed E-state index contributed by atoms with van der Waals surface area (Å²) in [5.74, 6) is 0.533. The van der Waals surface area contributed by atoms with Gasteiger partial charge in [0.1, 0.15) is 11.4 Å². The van der Waals surface area contributed by atoms with Crippen LogP contribution in [0.5, 0.6) is 5.75 Å². The quantitative estimate of drug-likeness (QED) is 0.848. The molecule has 6 nitrogen and oxygen atoms in total. The third kappa shape index (κ3) is 3.62. The highest BCUT2D eigenvalue weighted by molar-refractivity contribution is 6.62. The van der Waals surface area contributed by atoms with Crippen LogP contribution in [0.4, 0.5) is 10.5 Å². The second-order valence-electron chi connectivity index (χ2n) is 8.01. The summed E-state index contributed by atoms with van der Waals surface area (Å²) in [5, 5.41) is 2.74. The van der Waals surface area contributed by atoms with E-state index in [9.17, 15) is 4.79 Å². The van der Waals surface area contributed by atoms with Gasteiger partial charge in [0, 0.05) is 0 Å². The number of anilines is 1. The molecule has 2 fully saturated rings. The smallest absolute Gasteiger partial charge is 0.494 e. The van der Waals surface area contributed by atoms with Crippen molar-refractivity contribution in [2.75, 3.05) is 12.4 Å². The lowest BCUT2D eigenvalue weighted by atomic mass is 9.79. The topological polar surface area (TPSA) is 66.0 Å². The van der Waals surface area contributed by atoms with Gasteiger partial charge in [0.25, 0.3) is 0 Å². The molecule has 1 heterocycles. The standard InChI is InChI=1S/C18H26BNO5/c1-16(2)17(3,4)25-19(24-16)12-7-8-13(14(11-12)22-6)20-15(21)23-18(5)9-10-18/h7-8,11H,9-10H2,1-6H3,(H,20,21). The molecule has 1 aliphatic carbocycles. The Morgan fingerprint density at radius 3 is 2.24 bits per heavy atom. The average molecular weight is 347 g/mol. The van der Waals surface area contributed by atoms with Crippen LogP contribution in [0.25, 0.3) is 0 Å². The molecule has 136 valence electrons. The third-order valence-corrected chi connectivity index (χ3v) is 5.28. The van der Waals surface area contributed by atoms with Gasteiger partial charge in [-0.2, -0.15) is 0 Å². The normalized spacial score (nSPS) is 22.4. The van der Waals surface area contributed by atoms with E-state index in [1.54, 1.807) is 13.2 Å². The van der Waals surface area contributed by atoms with Crippen LogP contribution in [0, 0.1) is 0 Å². The fraction of sp³-hybridized carbons (Fsp3) is 0.611. The molecule has 0 spiro atoms. The molecule has 1 saturated heterocycles. The average Bonchev–Trinajstić information content (AvgIpc) is 3.17. The summed E-state index contributed by atoms with van der Waals surface area (Å²) in [5.41, 5.74) is 0.247. The first kappa shape index (κ1) is 18.1. The molecule has 0 atom stereocenters.